The summed E-state index contributed by atoms with van der Waals surface area (Å²) in [6.45, 7) is 1.83. The first kappa shape index (κ1) is 21.9. The molecule has 0 saturated carbocycles. The summed E-state index contributed by atoms with van der Waals surface area (Å²) >= 11 is 8.32. The monoisotopic (exact) mass is 480 g/mol. The van der Waals surface area contributed by atoms with E-state index in [-0.39, 0.29) is 21.4 Å². The number of aromatic nitrogens is 1. The Morgan fingerprint density at radius 1 is 1.09 bits per heavy atom. The maximum absolute atomic E-state index is 14.3. The number of carbonyl (C=O) groups is 1. The quantitative estimate of drug-likeness (QED) is 0.405. The first-order valence-corrected chi connectivity index (χ1v) is 11.4. The minimum Gasteiger partial charge on any atom is -0.288 e. The molecule has 158 valence electrons. The summed E-state index contributed by atoms with van der Waals surface area (Å²) in [5.74, 6) is -1.51. The molecule has 0 unspecified atom stereocenters. The van der Waals surface area contributed by atoms with E-state index in [0.29, 0.717) is 14.6 Å². The molecule has 0 aliphatic carbocycles. The van der Waals surface area contributed by atoms with Crippen LogP contribution in [-0.2, 0) is 0 Å². The van der Waals surface area contributed by atoms with E-state index in [0.717, 1.165) is 27.8 Å². The summed E-state index contributed by atoms with van der Waals surface area (Å²) in [6.07, 6.45) is 1.67. The van der Waals surface area contributed by atoms with Crippen LogP contribution in [0.2, 0.25) is 4.34 Å². The third-order valence-electron chi connectivity index (χ3n) is 4.72. The Balaban J connectivity index is 2.10. The van der Waals surface area contributed by atoms with Gasteiger partial charge in [-0.3, -0.25) is 14.2 Å². The number of para-hydroxylation sites is 1. The van der Waals surface area contributed by atoms with E-state index in [1.807, 2.05) is 25.1 Å². The van der Waals surface area contributed by atoms with Gasteiger partial charge in [-0.05, 0) is 48.9 Å². The summed E-state index contributed by atoms with van der Waals surface area (Å²) in [5.41, 5.74) is 0.427. The minimum atomic E-state index is -0.778. The molecule has 32 heavy (non-hydrogen) atoms. The standard InChI is InChI=1S/C24H14ClFN2O2S2/c1-14-6-2-5-9-19(14)28-23(30)20(12-15-10-11-21(25)31-15)32-24(28)17(13-27)22(29)16-7-3-4-8-18(16)26/h2-12H,1H3. The smallest absolute Gasteiger partial charge is 0.273 e. The van der Waals surface area contributed by atoms with Gasteiger partial charge in [0.2, 0.25) is 5.78 Å². The van der Waals surface area contributed by atoms with Crippen LogP contribution in [0.3, 0.4) is 0 Å². The molecule has 0 saturated heterocycles. The molecule has 2 aromatic heterocycles. The van der Waals surface area contributed by atoms with E-state index in [4.69, 9.17) is 11.6 Å². The molecule has 0 atom stereocenters. The van der Waals surface area contributed by atoms with Crippen molar-refractivity contribution in [2.75, 3.05) is 0 Å². The Morgan fingerprint density at radius 2 is 1.81 bits per heavy atom. The van der Waals surface area contributed by atoms with Crippen molar-refractivity contribution in [2.45, 2.75) is 6.92 Å². The van der Waals surface area contributed by atoms with Crippen LogP contribution in [0.4, 0.5) is 4.39 Å². The van der Waals surface area contributed by atoms with Gasteiger partial charge in [0.25, 0.3) is 5.56 Å². The molecule has 2 heterocycles. The normalized spacial score (nSPS) is 12.5. The molecule has 0 fully saturated rings. The van der Waals surface area contributed by atoms with Gasteiger partial charge in [-0.15, -0.1) is 22.7 Å². The topological polar surface area (TPSA) is 62.9 Å². The molecule has 4 nitrogen and oxygen atoms in total. The molecule has 2 aromatic carbocycles. The molecule has 0 N–H and O–H groups in total. The number of halogens is 2. The van der Waals surface area contributed by atoms with E-state index < -0.39 is 11.6 Å². The van der Waals surface area contributed by atoms with Crippen molar-refractivity contribution in [3.63, 3.8) is 0 Å². The molecule has 0 amide bonds. The average Bonchev–Trinajstić information content (AvgIpc) is 3.32. The van der Waals surface area contributed by atoms with Crippen molar-refractivity contribution >= 4 is 51.7 Å². The van der Waals surface area contributed by atoms with Crippen LogP contribution < -0.4 is 14.8 Å². The number of thiazole rings is 1. The average molecular weight is 481 g/mol. The third kappa shape index (κ3) is 4.08. The van der Waals surface area contributed by atoms with Crippen molar-refractivity contribution in [1.29, 1.82) is 5.26 Å². The number of hydrogen-bond donors (Lipinski definition) is 0. The van der Waals surface area contributed by atoms with E-state index in [9.17, 15) is 19.2 Å². The number of thiophene rings is 1. The number of rotatable bonds is 4. The highest BCUT2D eigenvalue weighted by Gasteiger charge is 2.21. The number of benzene rings is 2. The number of aryl methyl sites for hydroxylation is 1. The summed E-state index contributed by atoms with van der Waals surface area (Å²) in [7, 11) is 0. The second-order valence-corrected chi connectivity index (χ2v) is 9.56. The van der Waals surface area contributed by atoms with Gasteiger partial charge in [0.05, 0.1) is 20.1 Å². The van der Waals surface area contributed by atoms with Crippen molar-refractivity contribution < 1.29 is 9.18 Å². The predicted octanol–water partition coefficient (Wildman–Crippen LogP) is 4.45. The second kappa shape index (κ2) is 9.05. The highest BCUT2D eigenvalue weighted by Crippen LogP contribution is 2.21. The largest absolute Gasteiger partial charge is 0.288 e. The molecule has 8 heteroatoms. The van der Waals surface area contributed by atoms with Crippen LogP contribution in [0.5, 0.6) is 0 Å². The number of carbonyl (C=O) groups excluding carboxylic acids is 1. The predicted molar refractivity (Wildman–Crippen MR) is 127 cm³/mol. The molecular weight excluding hydrogens is 467 g/mol. The molecule has 0 bridgehead atoms. The fourth-order valence-electron chi connectivity index (χ4n) is 3.19. The molecule has 0 radical (unpaired) electrons. The van der Waals surface area contributed by atoms with Gasteiger partial charge in [-0.2, -0.15) is 5.26 Å². The summed E-state index contributed by atoms with van der Waals surface area (Å²) in [4.78, 5) is 27.3. The highest BCUT2D eigenvalue weighted by molar-refractivity contribution is 7.17. The lowest BCUT2D eigenvalue weighted by atomic mass is 10.0. The lowest BCUT2D eigenvalue weighted by Crippen LogP contribution is -2.32. The van der Waals surface area contributed by atoms with Crippen molar-refractivity contribution in [1.82, 2.24) is 4.57 Å². The fraction of sp³-hybridized carbons (Fsp3) is 0.0417. The maximum atomic E-state index is 14.3. The van der Waals surface area contributed by atoms with Gasteiger partial charge in [0, 0.05) is 4.88 Å². The van der Waals surface area contributed by atoms with Gasteiger partial charge >= 0.3 is 0 Å². The van der Waals surface area contributed by atoms with Crippen LogP contribution in [0.25, 0.3) is 17.3 Å². The first-order chi connectivity index (χ1) is 15.4. The van der Waals surface area contributed by atoms with E-state index in [2.05, 4.69) is 0 Å². The van der Waals surface area contributed by atoms with E-state index >= 15 is 0 Å². The van der Waals surface area contributed by atoms with Crippen LogP contribution in [-0.4, -0.2) is 10.4 Å². The van der Waals surface area contributed by atoms with Crippen LogP contribution in [0.1, 0.15) is 20.8 Å². The minimum absolute atomic E-state index is 0.147. The lowest BCUT2D eigenvalue weighted by molar-refractivity contribution is 0.105. The second-order valence-electron chi connectivity index (χ2n) is 6.78. The Bertz CT molecular complexity index is 1570. The lowest BCUT2D eigenvalue weighted by Gasteiger charge is -2.07. The Hall–Kier alpha value is -3.31. The van der Waals surface area contributed by atoms with Crippen LogP contribution in [0.15, 0.2) is 65.5 Å². The highest BCUT2D eigenvalue weighted by atomic mass is 35.5. The Labute approximate surface area is 195 Å². The van der Waals surface area contributed by atoms with Gasteiger partial charge in [0.15, 0.2) is 0 Å². The first-order valence-electron chi connectivity index (χ1n) is 9.39. The summed E-state index contributed by atoms with van der Waals surface area (Å²) < 4.78 is 16.7. The molecule has 0 aliphatic heterocycles. The molecular formula is C24H14ClFN2O2S2. The Kier molecular flexibility index (Phi) is 6.19. The fourth-order valence-corrected chi connectivity index (χ4v) is 5.36. The van der Waals surface area contributed by atoms with Crippen molar-refractivity contribution in [2.24, 2.45) is 0 Å². The van der Waals surface area contributed by atoms with Gasteiger partial charge in [0.1, 0.15) is 22.1 Å². The maximum Gasteiger partial charge on any atom is 0.273 e. The number of ketones is 1. The molecule has 4 aromatic rings. The van der Waals surface area contributed by atoms with Gasteiger partial charge in [-0.25, -0.2) is 4.39 Å². The number of hydrogen-bond acceptors (Lipinski definition) is 5. The Morgan fingerprint density at radius 3 is 2.47 bits per heavy atom. The van der Waals surface area contributed by atoms with E-state index in [1.165, 1.54) is 34.1 Å². The zero-order chi connectivity index (χ0) is 22.8. The summed E-state index contributed by atoms with van der Waals surface area (Å²) in [6, 6.07) is 18.0. The van der Waals surface area contributed by atoms with E-state index in [1.54, 1.807) is 30.3 Å². The van der Waals surface area contributed by atoms with Gasteiger partial charge in [-0.1, -0.05) is 41.9 Å². The van der Waals surface area contributed by atoms with Crippen molar-refractivity contribution in [3.8, 4) is 11.8 Å². The van der Waals surface area contributed by atoms with Gasteiger partial charge < -0.3 is 0 Å². The SMILES string of the molecule is Cc1ccccc1-n1c(=C(C#N)C(=O)c2ccccc2F)sc(=Cc2ccc(Cl)s2)c1=O. The van der Waals surface area contributed by atoms with Crippen LogP contribution >= 0.6 is 34.3 Å². The zero-order valence-electron chi connectivity index (χ0n) is 16.6. The van der Waals surface area contributed by atoms with Crippen molar-refractivity contribution in [3.05, 3.63) is 106 Å². The number of nitrogens with zero attached hydrogens (tertiary/aromatic N) is 2. The molecule has 0 spiro atoms. The molecule has 0 aliphatic rings. The third-order valence-corrected chi connectivity index (χ3v) is 6.99. The van der Waals surface area contributed by atoms with Crippen LogP contribution in [0, 0.1) is 24.1 Å². The number of nitriles is 1. The zero-order valence-corrected chi connectivity index (χ0v) is 19.0. The number of Topliss-reactive ketones (excluding diaryl/α,β-unsaturated/α-hetero) is 1. The summed E-state index contributed by atoms with van der Waals surface area (Å²) in [5, 5.41) is 9.87. The molecule has 4 rings (SSSR count).